The highest BCUT2D eigenvalue weighted by Crippen LogP contribution is 2.20. The number of sulfonamides is 1. The van der Waals surface area contributed by atoms with Crippen molar-refractivity contribution >= 4 is 10.0 Å². The Morgan fingerprint density at radius 1 is 1.07 bits per heavy atom. The zero-order chi connectivity index (χ0) is 21.7. The van der Waals surface area contributed by atoms with Crippen LogP contribution in [0, 0.1) is 11.6 Å². The predicted octanol–water partition coefficient (Wildman–Crippen LogP) is 2.57. The molecule has 3 aromatic rings. The molecule has 0 aliphatic heterocycles. The van der Waals surface area contributed by atoms with E-state index < -0.39 is 15.8 Å². The summed E-state index contributed by atoms with van der Waals surface area (Å²) in [6.07, 6.45) is 0.275. The van der Waals surface area contributed by atoms with Gasteiger partial charge in [-0.3, -0.25) is 4.79 Å². The van der Waals surface area contributed by atoms with E-state index in [-0.39, 0.29) is 41.5 Å². The van der Waals surface area contributed by atoms with Crippen molar-refractivity contribution < 1.29 is 21.9 Å². The minimum Gasteiger partial charge on any atom is -0.494 e. The summed E-state index contributed by atoms with van der Waals surface area (Å²) in [4.78, 5) is 11.8. The highest BCUT2D eigenvalue weighted by Gasteiger charge is 2.16. The van der Waals surface area contributed by atoms with Crippen LogP contribution >= 0.6 is 0 Å². The van der Waals surface area contributed by atoms with Crippen molar-refractivity contribution in [2.75, 3.05) is 13.7 Å². The van der Waals surface area contributed by atoms with E-state index in [0.29, 0.717) is 11.3 Å². The van der Waals surface area contributed by atoms with Crippen LogP contribution in [-0.2, 0) is 16.6 Å². The number of nitrogens with zero attached hydrogens (tertiary/aromatic N) is 2. The summed E-state index contributed by atoms with van der Waals surface area (Å²) in [6, 6.07) is 11.9. The van der Waals surface area contributed by atoms with E-state index in [4.69, 9.17) is 4.74 Å². The van der Waals surface area contributed by atoms with Gasteiger partial charge in [0.2, 0.25) is 10.0 Å². The second-order valence-electron chi connectivity index (χ2n) is 6.33. The van der Waals surface area contributed by atoms with Gasteiger partial charge in [0.15, 0.2) is 11.6 Å². The SMILES string of the molecule is COc1ccc(S(=O)(=O)NCCCn2nc(-c3ccc(F)cc3)ccc2=O)cc1F. The average molecular weight is 435 g/mol. The van der Waals surface area contributed by atoms with Gasteiger partial charge in [0.25, 0.3) is 5.56 Å². The number of benzene rings is 2. The van der Waals surface area contributed by atoms with Crippen molar-refractivity contribution in [3.8, 4) is 17.0 Å². The molecular formula is C20H19F2N3O4S. The number of aryl methyl sites for hydroxylation is 1. The molecule has 158 valence electrons. The van der Waals surface area contributed by atoms with Crippen LogP contribution in [0.2, 0.25) is 0 Å². The molecule has 0 bridgehead atoms. The summed E-state index contributed by atoms with van der Waals surface area (Å²) in [5.74, 6) is -1.22. The van der Waals surface area contributed by atoms with Crippen LogP contribution in [0.25, 0.3) is 11.3 Å². The molecule has 1 N–H and O–H groups in total. The van der Waals surface area contributed by atoms with Gasteiger partial charge in [0.1, 0.15) is 5.82 Å². The second-order valence-corrected chi connectivity index (χ2v) is 8.10. The Balaban J connectivity index is 1.63. The first-order valence-electron chi connectivity index (χ1n) is 8.97. The van der Waals surface area contributed by atoms with Crippen molar-refractivity contribution in [3.05, 3.63) is 76.6 Å². The fourth-order valence-corrected chi connectivity index (χ4v) is 3.80. The van der Waals surface area contributed by atoms with E-state index in [1.165, 1.54) is 48.2 Å². The van der Waals surface area contributed by atoms with Gasteiger partial charge < -0.3 is 4.74 Å². The summed E-state index contributed by atoms with van der Waals surface area (Å²) in [6.45, 7) is 0.179. The van der Waals surface area contributed by atoms with Crippen LogP contribution in [-0.4, -0.2) is 31.9 Å². The van der Waals surface area contributed by atoms with Crippen LogP contribution in [0.15, 0.2) is 64.3 Å². The van der Waals surface area contributed by atoms with E-state index in [2.05, 4.69) is 9.82 Å². The predicted molar refractivity (Wildman–Crippen MR) is 107 cm³/mol. The zero-order valence-corrected chi connectivity index (χ0v) is 16.8. The Kier molecular flexibility index (Phi) is 6.58. The molecule has 1 aromatic heterocycles. The second kappa shape index (κ2) is 9.14. The van der Waals surface area contributed by atoms with Gasteiger partial charge in [0.05, 0.1) is 17.7 Å². The fraction of sp³-hybridized carbons (Fsp3) is 0.200. The molecule has 0 atom stereocenters. The lowest BCUT2D eigenvalue weighted by Crippen LogP contribution is -2.28. The third-order valence-corrected chi connectivity index (χ3v) is 5.74. The number of hydrogen-bond acceptors (Lipinski definition) is 5. The topological polar surface area (TPSA) is 90.3 Å². The molecular weight excluding hydrogens is 416 g/mol. The fourth-order valence-electron chi connectivity index (χ4n) is 2.72. The zero-order valence-electron chi connectivity index (χ0n) is 16.0. The van der Waals surface area contributed by atoms with Crippen LogP contribution in [0.5, 0.6) is 5.75 Å². The van der Waals surface area contributed by atoms with Crippen LogP contribution in [0.1, 0.15) is 6.42 Å². The summed E-state index contributed by atoms with van der Waals surface area (Å²) in [5, 5.41) is 4.24. The monoisotopic (exact) mass is 435 g/mol. The van der Waals surface area contributed by atoms with Crippen LogP contribution in [0.4, 0.5) is 8.78 Å². The van der Waals surface area contributed by atoms with Gasteiger partial charge in [-0.25, -0.2) is 26.6 Å². The molecule has 0 aliphatic carbocycles. The summed E-state index contributed by atoms with van der Waals surface area (Å²) in [7, 11) is -2.63. The minimum absolute atomic E-state index is 0.0187. The van der Waals surface area contributed by atoms with E-state index >= 15 is 0 Å². The molecule has 2 aromatic carbocycles. The van der Waals surface area contributed by atoms with E-state index in [1.54, 1.807) is 12.1 Å². The smallest absolute Gasteiger partial charge is 0.266 e. The molecule has 10 heteroatoms. The lowest BCUT2D eigenvalue weighted by atomic mass is 10.1. The molecule has 0 unspecified atom stereocenters. The Bertz CT molecular complexity index is 1200. The number of nitrogens with one attached hydrogen (secondary N) is 1. The van der Waals surface area contributed by atoms with E-state index in [1.807, 2.05) is 0 Å². The summed E-state index contributed by atoms with van der Waals surface area (Å²) in [5.41, 5.74) is 0.789. The first-order chi connectivity index (χ1) is 14.3. The highest BCUT2D eigenvalue weighted by molar-refractivity contribution is 7.89. The molecule has 0 saturated heterocycles. The number of ether oxygens (including phenoxy) is 1. The van der Waals surface area contributed by atoms with Crippen molar-refractivity contribution in [2.24, 2.45) is 0 Å². The molecule has 0 radical (unpaired) electrons. The molecule has 3 rings (SSSR count). The van der Waals surface area contributed by atoms with Gasteiger partial charge in [-0.1, -0.05) is 0 Å². The first kappa shape index (κ1) is 21.6. The number of rotatable bonds is 8. The molecule has 0 spiro atoms. The lowest BCUT2D eigenvalue weighted by Gasteiger charge is -2.10. The maximum Gasteiger partial charge on any atom is 0.266 e. The minimum atomic E-state index is -3.92. The van der Waals surface area contributed by atoms with Gasteiger partial charge >= 0.3 is 0 Å². The van der Waals surface area contributed by atoms with Crippen LogP contribution in [0.3, 0.4) is 0 Å². The molecule has 0 amide bonds. The Labute approximate surface area is 172 Å². The molecule has 0 fully saturated rings. The molecule has 0 aliphatic rings. The largest absolute Gasteiger partial charge is 0.494 e. The highest BCUT2D eigenvalue weighted by atomic mass is 32.2. The molecule has 1 heterocycles. The first-order valence-corrected chi connectivity index (χ1v) is 10.5. The third-order valence-electron chi connectivity index (χ3n) is 4.28. The maximum atomic E-state index is 13.8. The van der Waals surface area contributed by atoms with Gasteiger partial charge in [-0.2, -0.15) is 5.10 Å². The standard InChI is InChI=1S/C20H19F2N3O4S/c1-29-19-9-7-16(13-17(19)22)30(27,28)23-11-2-12-25-20(26)10-8-18(24-25)14-3-5-15(21)6-4-14/h3-10,13,23H,2,11-12H2,1H3. The Morgan fingerprint density at radius 2 is 1.80 bits per heavy atom. The lowest BCUT2D eigenvalue weighted by molar-refractivity contribution is 0.385. The van der Waals surface area contributed by atoms with Gasteiger partial charge in [-0.15, -0.1) is 0 Å². The van der Waals surface area contributed by atoms with Gasteiger partial charge in [0, 0.05) is 24.7 Å². The Morgan fingerprint density at radius 3 is 2.47 bits per heavy atom. The van der Waals surface area contributed by atoms with Crippen molar-refractivity contribution in [2.45, 2.75) is 17.9 Å². The molecule has 7 nitrogen and oxygen atoms in total. The number of halogens is 2. The quantitative estimate of drug-likeness (QED) is 0.550. The molecule has 0 saturated carbocycles. The van der Waals surface area contributed by atoms with Crippen molar-refractivity contribution in [3.63, 3.8) is 0 Å². The summed E-state index contributed by atoms with van der Waals surface area (Å²) < 4.78 is 59.8. The van der Waals surface area contributed by atoms with Crippen LogP contribution < -0.4 is 15.0 Å². The number of hydrogen-bond donors (Lipinski definition) is 1. The Hall–Kier alpha value is -3.11. The van der Waals surface area contributed by atoms with Crippen molar-refractivity contribution in [1.82, 2.24) is 14.5 Å². The molecule has 30 heavy (non-hydrogen) atoms. The number of methoxy groups -OCH3 is 1. The summed E-state index contributed by atoms with van der Waals surface area (Å²) >= 11 is 0. The van der Waals surface area contributed by atoms with Crippen molar-refractivity contribution in [1.29, 1.82) is 0 Å². The third kappa shape index (κ3) is 5.08. The van der Waals surface area contributed by atoms with Gasteiger partial charge in [-0.05, 0) is 55.0 Å². The van der Waals surface area contributed by atoms with E-state index in [0.717, 1.165) is 6.07 Å². The number of aromatic nitrogens is 2. The van der Waals surface area contributed by atoms with E-state index in [9.17, 15) is 22.0 Å². The maximum absolute atomic E-state index is 13.8. The average Bonchev–Trinajstić information content (AvgIpc) is 2.73. The normalized spacial score (nSPS) is 11.4.